The van der Waals surface area contributed by atoms with Crippen molar-refractivity contribution in [2.75, 3.05) is 38.0 Å². The van der Waals surface area contributed by atoms with E-state index in [9.17, 15) is 9.59 Å². The van der Waals surface area contributed by atoms with Gasteiger partial charge in [-0.2, -0.15) is 0 Å². The van der Waals surface area contributed by atoms with Gasteiger partial charge < -0.3 is 20.3 Å². The fourth-order valence-corrected chi connectivity index (χ4v) is 1.79. The van der Waals surface area contributed by atoms with E-state index in [2.05, 4.69) is 10.6 Å². The molecule has 0 saturated heterocycles. The second-order valence-corrected chi connectivity index (χ2v) is 5.59. The van der Waals surface area contributed by atoms with Crippen molar-refractivity contribution in [1.82, 2.24) is 5.32 Å². The second-order valence-electron chi connectivity index (χ2n) is 5.59. The smallest absolute Gasteiger partial charge is 0.319 e. The normalized spacial score (nSPS) is 10.7. The second kappa shape index (κ2) is 6.97. The average Bonchev–Trinajstić information content (AvgIpc) is 2.44. The lowest BCUT2D eigenvalue weighted by molar-refractivity contribution is -0.150. The third-order valence-electron chi connectivity index (χ3n) is 3.06. The predicted molar refractivity (Wildman–Crippen MR) is 83.6 cm³/mol. The van der Waals surface area contributed by atoms with Gasteiger partial charge in [-0.1, -0.05) is 12.1 Å². The number of ether oxygens (including phenoxy) is 1. The summed E-state index contributed by atoms with van der Waals surface area (Å²) in [6.45, 7) is 3.62. The number of carbonyl (C=O) groups is 2. The van der Waals surface area contributed by atoms with Crippen LogP contribution in [0, 0.1) is 5.41 Å². The van der Waals surface area contributed by atoms with Gasteiger partial charge in [0.2, 0.25) is 0 Å². The zero-order chi connectivity index (χ0) is 16.0. The largest absolute Gasteiger partial charge is 0.469 e. The summed E-state index contributed by atoms with van der Waals surface area (Å²) < 4.78 is 4.70. The molecule has 0 aromatic heterocycles. The molecule has 0 aliphatic rings. The van der Waals surface area contributed by atoms with Crippen LogP contribution in [0.3, 0.4) is 0 Å². The minimum absolute atomic E-state index is 0.190. The Hall–Kier alpha value is -2.24. The minimum atomic E-state index is -0.771. The van der Waals surface area contributed by atoms with Crippen LogP contribution in [0.1, 0.15) is 13.8 Å². The number of carbonyl (C=O) groups excluding carboxylic acids is 2. The number of esters is 1. The van der Waals surface area contributed by atoms with E-state index in [1.165, 1.54) is 7.11 Å². The molecule has 0 atom stereocenters. The highest BCUT2D eigenvalue weighted by Crippen LogP contribution is 2.23. The molecule has 1 rings (SSSR count). The van der Waals surface area contributed by atoms with Crippen LogP contribution in [-0.2, 0) is 9.53 Å². The summed E-state index contributed by atoms with van der Waals surface area (Å²) in [5.41, 5.74) is 0.836. The number of hydrogen-bond acceptors (Lipinski definition) is 4. The Morgan fingerprint density at radius 3 is 2.43 bits per heavy atom. The SMILES string of the molecule is COC(=O)C(C)(C)CNC(=O)Nc1ccccc1N(C)C. The lowest BCUT2D eigenvalue weighted by atomic mass is 9.94. The lowest BCUT2D eigenvalue weighted by Gasteiger charge is -2.22. The number of methoxy groups -OCH3 is 1. The van der Waals surface area contributed by atoms with Gasteiger partial charge in [0.1, 0.15) is 0 Å². The molecule has 0 radical (unpaired) electrons. The zero-order valence-electron chi connectivity index (χ0n) is 13.2. The molecule has 1 aromatic carbocycles. The Balaban J connectivity index is 2.65. The molecule has 0 unspecified atom stereocenters. The summed E-state index contributed by atoms with van der Waals surface area (Å²) in [6.07, 6.45) is 0. The molecule has 0 fully saturated rings. The molecule has 0 aliphatic heterocycles. The number of hydrogen-bond donors (Lipinski definition) is 2. The van der Waals surface area contributed by atoms with Crippen LogP contribution in [0.2, 0.25) is 0 Å². The molecular weight excluding hydrogens is 270 g/mol. The first-order valence-electron chi connectivity index (χ1n) is 6.67. The van der Waals surface area contributed by atoms with Gasteiger partial charge in [-0.05, 0) is 26.0 Å². The van der Waals surface area contributed by atoms with E-state index in [-0.39, 0.29) is 18.5 Å². The van der Waals surface area contributed by atoms with Crippen LogP contribution >= 0.6 is 0 Å². The molecule has 0 bridgehead atoms. The monoisotopic (exact) mass is 293 g/mol. The summed E-state index contributed by atoms with van der Waals surface area (Å²) in [4.78, 5) is 25.4. The number of anilines is 2. The highest BCUT2D eigenvalue weighted by Gasteiger charge is 2.29. The van der Waals surface area contributed by atoms with Crippen molar-refractivity contribution in [3.63, 3.8) is 0 Å². The van der Waals surface area contributed by atoms with Crippen molar-refractivity contribution in [3.05, 3.63) is 24.3 Å². The third-order valence-corrected chi connectivity index (χ3v) is 3.06. The fourth-order valence-electron chi connectivity index (χ4n) is 1.79. The molecule has 0 heterocycles. The van der Waals surface area contributed by atoms with Crippen LogP contribution < -0.4 is 15.5 Å². The summed E-state index contributed by atoms with van der Waals surface area (Å²) in [5, 5.41) is 5.46. The van der Waals surface area contributed by atoms with Gasteiger partial charge in [0.15, 0.2) is 0 Å². The summed E-state index contributed by atoms with van der Waals surface area (Å²) in [6, 6.07) is 7.12. The first kappa shape index (κ1) is 16.8. The van der Waals surface area contributed by atoms with E-state index in [0.717, 1.165) is 5.69 Å². The predicted octanol–water partition coefficient (Wildman–Crippen LogP) is 2.07. The molecule has 2 N–H and O–H groups in total. The molecule has 2 amide bonds. The van der Waals surface area contributed by atoms with E-state index in [1.54, 1.807) is 13.8 Å². The van der Waals surface area contributed by atoms with Crippen LogP contribution in [0.5, 0.6) is 0 Å². The quantitative estimate of drug-likeness (QED) is 0.815. The van der Waals surface area contributed by atoms with Crippen molar-refractivity contribution in [3.8, 4) is 0 Å². The van der Waals surface area contributed by atoms with E-state index >= 15 is 0 Å². The average molecular weight is 293 g/mol. The third kappa shape index (κ3) is 4.66. The van der Waals surface area contributed by atoms with E-state index in [1.807, 2.05) is 43.3 Å². The molecule has 0 aliphatic carbocycles. The Kier molecular flexibility index (Phi) is 5.58. The van der Waals surface area contributed by atoms with Gasteiger partial charge in [-0.3, -0.25) is 4.79 Å². The van der Waals surface area contributed by atoms with Crippen molar-refractivity contribution in [2.45, 2.75) is 13.8 Å². The molecule has 0 spiro atoms. The van der Waals surface area contributed by atoms with Gasteiger partial charge in [0.25, 0.3) is 0 Å². The maximum absolute atomic E-state index is 12.0. The number of nitrogens with one attached hydrogen (secondary N) is 2. The van der Waals surface area contributed by atoms with E-state index in [0.29, 0.717) is 5.69 Å². The Labute approximate surface area is 125 Å². The number of urea groups is 1. The number of nitrogens with zero attached hydrogens (tertiary/aromatic N) is 1. The summed E-state index contributed by atoms with van der Waals surface area (Å²) >= 11 is 0. The van der Waals surface area contributed by atoms with Gasteiger partial charge in [-0.15, -0.1) is 0 Å². The van der Waals surface area contributed by atoms with Crippen LogP contribution in [0.4, 0.5) is 16.2 Å². The van der Waals surface area contributed by atoms with Crippen LogP contribution in [-0.4, -0.2) is 39.8 Å². The Bertz CT molecular complexity index is 513. The fraction of sp³-hybridized carbons (Fsp3) is 0.467. The van der Waals surface area contributed by atoms with Gasteiger partial charge >= 0.3 is 12.0 Å². The molecule has 116 valence electrons. The number of para-hydroxylation sites is 2. The highest BCUT2D eigenvalue weighted by molar-refractivity contribution is 5.93. The maximum atomic E-state index is 12.0. The van der Waals surface area contributed by atoms with Crippen molar-refractivity contribution >= 4 is 23.4 Å². The summed E-state index contributed by atoms with van der Waals surface area (Å²) in [5.74, 6) is -0.364. The van der Waals surface area contributed by atoms with Crippen molar-refractivity contribution in [1.29, 1.82) is 0 Å². The lowest BCUT2D eigenvalue weighted by Crippen LogP contribution is -2.41. The van der Waals surface area contributed by atoms with Crippen LogP contribution in [0.25, 0.3) is 0 Å². The molecular formula is C15H23N3O3. The highest BCUT2D eigenvalue weighted by atomic mass is 16.5. The number of rotatable bonds is 5. The molecule has 6 heteroatoms. The van der Waals surface area contributed by atoms with Crippen molar-refractivity contribution in [2.24, 2.45) is 5.41 Å². The molecule has 0 saturated carbocycles. The molecule has 6 nitrogen and oxygen atoms in total. The number of amides is 2. The van der Waals surface area contributed by atoms with E-state index < -0.39 is 5.41 Å². The minimum Gasteiger partial charge on any atom is -0.469 e. The van der Waals surface area contributed by atoms with Gasteiger partial charge in [0.05, 0.1) is 23.9 Å². The Morgan fingerprint density at radius 1 is 1.24 bits per heavy atom. The standard InChI is InChI=1S/C15H23N3O3/c1-15(2,13(19)21-5)10-16-14(20)17-11-8-6-7-9-12(11)18(3)4/h6-9H,10H2,1-5H3,(H2,16,17,20). The van der Waals surface area contributed by atoms with Crippen molar-refractivity contribution < 1.29 is 14.3 Å². The maximum Gasteiger partial charge on any atom is 0.319 e. The first-order chi connectivity index (χ1) is 9.77. The van der Waals surface area contributed by atoms with Gasteiger partial charge in [0, 0.05) is 20.6 Å². The van der Waals surface area contributed by atoms with Crippen LogP contribution in [0.15, 0.2) is 24.3 Å². The molecule has 21 heavy (non-hydrogen) atoms. The number of benzene rings is 1. The topological polar surface area (TPSA) is 70.7 Å². The van der Waals surface area contributed by atoms with Gasteiger partial charge in [-0.25, -0.2) is 4.79 Å². The zero-order valence-corrected chi connectivity index (χ0v) is 13.2. The van der Waals surface area contributed by atoms with E-state index in [4.69, 9.17) is 4.74 Å². The first-order valence-corrected chi connectivity index (χ1v) is 6.67. The molecule has 1 aromatic rings. The Morgan fingerprint density at radius 2 is 1.86 bits per heavy atom. The summed E-state index contributed by atoms with van der Waals surface area (Å²) in [7, 11) is 5.13.